The van der Waals surface area contributed by atoms with Gasteiger partial charge in [-0.2, -0.15) is 0 Å². The summed E-state index contributed by atoms with van der Waals surface area (Å²) in [5, 5.41) is 5.16. The van der Waals surface area contributed by atoms with Crippen molar-refractivity contribution in [2.75, 3.05) is 13.7 Å². The number of aromatic nitrogens is 3. The number of rotatable bonds is 15. The van der Waals surface area contributed by atoms with Crippen LogP contribution in [0.2, 0.25) is 0 Å². The van der Waals surface area contributed by atoms with E-state index in [1.165, 1.54) is 31.9 Å². The maximum Gasteiger partial charge on any atom is 0.321 e. The highest BCUT2D eigenvalue weighted by Gasteiger charge is 2.48. The summed E-state index contributed by atoms with van der Waals surface area (Å²) < 4.78 is 11.0. The molecule has 304 valence electrons. The monoisotopic (exact) mass is 776 g/mol. The fourth-order valence-electron chi connectivity index (χ4n) is 9.26. The van der Waals surface area contributed by atoms with Gasteiger partial charge in [-0.3, -0.25) is 19.2 Å². The number of nitrogens with one attached hydrogen (secondary N) is 4. The molecule has 4 N–H and O–H groups in total. The number of aromatic amines is 3. The molecule has 0 unspecified atom stereocenters. The normalized spacial score (nSPS) is 22.5. The molecule has 3 aliphatic rings. The zero-order valence-electron chi connectivity index (χ0n) is 35.2. The zero-order valence-corrected chi connectivity index (χ0v) is 35.2. The number of esters is 2. The first-order chi connectivity index (χ1) is 27.4. The van der Waals surface area contributed by atoms with Crippen molar-refractivity contribution in [2.24, 2.45) is 23.7 Å². The molecule has 5 heterocycles. The summed E-state index contributed by atoms with van der Waals surface area (Å²) in [4.78, 5) is 64.4. The summed E-state index contributed by atoms with van der Waals surface area (Å²) in [6.07, 6.45) is 16.8. The van der Waals surface area contributed by atoms with Crippen LogP contribution in [-0.4, -0.2) is 52.7 Å². The molecule has 57 heavy (non-hydrogen) atoms. The lowest BCUT2D eigenvalue weighted by Gasteiger charge is -2.19. The molecule has 0 radical (unpaired) electrons. The number of carbonyl (C=O) groups excluding carboxylic acids is 4. The second-order valence-electron chi connectivity index (χ2n) is 16.3. The van der Waals surface area contributed by atoms with Crippen LogP contribution < -0.4 is 16.0 Å². The maximum atomic E-state index is 14.3. The average molecular weight is 777 g/mol. The number of methoxy groups -OCH3 is 1. The van der Waals surface area contributed by atoms with Gasteiger partial charge in [-0.15, -0.1) is 0 Å². The number of ether oxygens (including phenoxy) is 2. The Hall–Kier alpha value is -5.12. The predicted octanol–water partition coefficient (Wildman–Crippen LogP) is 7.67. The van der Waals surface area contributed by atoms with Gasteiger partial charge in [0.2, 0.25) is 0 Å². The largest absolute Gasteiger partial charge is 0.468 e. The molecule has 1 aliphatic carbocycles. The van der Waals surface area contributed by atoms with Crippen molar-refractivity contribution in [3.63, 3.8) is 0 Å². The van der Waals surface area contributed by atoms with Gasteiger partial charge in [0.05, 0.1) is 18.2 Å². The van der Waals surface area contributed by atoms with Crippen LogP contribution in [-0.2, 0) is 31.9 Å². The third-order valence-electron chi connectivity index (χ3n) is 12.6. The molecule has 6 rings (SSSR count). The lowest BCUT2D eigenvalue weighted by atomic mass is 9.85. The van der Waals surface area contributed by atoms with Gasteiger partial charge >= 0.3 is 11.9 Å². The van der Waals surface area contributed by atoms with Crippen LogP contribution in [0, 0.1) is 37.5 Å². The van der Waals surface area contributed by atoms with E-state index >= 15 is 0 Å². The van der Waals surface area contributed by atoms with Crippen molar-refractivity contribution in [2.45, 2.75) is 113 Å². The van der Waals surface area contributed by atoms with Gasteiger partial charge in [0, 0.05) is 68.8 Å². The van der Waals surface area contributed by atoms with E-state index in [2.05, 4.69) is 67.9 Å². The van der Waals surface area contributed by atoms with E-state index in [-0.39, 0.29) is 36.6 Å². The Morgan fingerprint density at radius 3 is 2.32 bits per heavy atom. The number of hydrogen-bond acceptors (Lipinski definition) is 7. The van der Waals surface area contributed by atoms with Crippen LogP contribution in [0.4, 0.5) is 0 Å². The van der Waals surface area contributed by atoms with Crippen LogP contribution in [0.1, 0.15) is 152 Å². The Bertz CT molecular complexity index is 2290. The SMILES string of the molecule is CCC[C@@H](C)CCC/C(C)=C\COC(=O)CC[C@@H]1/C2=C3/c4[nH]c(c(C)c4C(=O)[C@@H]3C(=O)OC)/C=c3\[nH]/c(c(C=O)c3CC)=C\c3[nH]c(c(C)c3CC)/C=C(\N2)[C@H]1C. The van der Waals surface area contributed by atoms with Crippen molar-refractivity contribution in [1.29, 1.82) is 0 Å². The predicted molar refractivity (Wildman–Crippen MR) is 225 cm³/mol. The first-order valence-electron chi connectivity index (χ1n) is 20.9. The van der Waals surface area contributed by atoms with Crippen molar-refractivity contribution in [3.8, 4) is 0 Å². The molecule has 0 aromatic carbocycles. The number of allylic oxidation sites excluding steroid dienone is 3. The van der Waals surface area contributed by atoms with Gasteiger partial charge in [-0.1, -0.05) is 59.5 Å². The highest BCUT2D eigenvalue weighted by Crippen LogP contribution is 2.48. The number of ketones is 1. The Morgan fingerprint density at radius 2 is 1.63 bits per heavy atom. The van der Waals surface area contributed by atoms with Crippen LogP contribution in [0.5, 0.6) is 0 Å². The van der Waals surface area contributed by atoms with E-state index in [1.54, 1.807) is 0 Å². The van der Waals surface area contributed by atoms with Crippen molar-refractivity contribution in [3.05, 3.63) is 89.9 Å². The smallest absolute Gasteiger partial charge is 0.321 e. The first kappa shape index (κ1) is 41.5. The molecule has 1 fully saturated rings. The molecule has 1 saturated heterocycles. The van der Waals surface area contributed by atoms with Gasteiger partial charge in [-0.25, -0.2) is 0 Å². The fraction of sp³-hybridized carbons (Fsp3) is 0.489. The van der Waals surface area contributed by atoms with Gasteiger partial charge in [0.1, 0.15) is 12.5 Å². The molecule has 0 amide bonds. The van der Waals surface area contributed by atoms with Crippen molar-refractivity contribution < 1.29 is 28.7 Å². The molecule has 0 spiro atoms. The molecule has 3 aromatic heterocycles. The summed E-state index contributed by atoms with van der Waals surface area (Å²) in [6, 6.07) is 0. The summed E-state index contributed by atoms with van der Waals surface area (Å²) in [7, 11) is 1.30. The lowest BCUT2D eigenvalue weighted by Crippen LogP contribution is -2.25. The Morgan fingerprint density at radius 1 is 0.912 bits per heavy atom. The minimum Gasteiger partial charge on any atom is -0.468 e. The molecule has 3 aromatic rings. The topological polar surface area (TPSA) is 146 Å². The summed E-state index contributed by atoms with van der Waals surface area (Å²) in [5.41, 5.74) is 11.3. The van der Waals surface area contributed by atoms with Crippen LogP contribution in [0.15, 0.2) is 23.0 Å². The summed E-state index contributed by atoms with van der Waals surface area (Å²) >= 11 is 0. The van der Waals surface area contributed by atoms with Crippen LogP contribution >= 0.6 is 0 Å². The molecular formula is C47H60N4O6. The third-order valence-corrected chi connectivity index (χ3v) is 12.6. The second-order valence-corrected chi connectivity index (χ2v) is 16.3. The number of aldehydes is 1. The van der Waals surface area contributed by atoms with Crippen LogP contribution in [0.25, 0.3) is 23.8 Å². The molecule has 8 bridgehead atoms. The van der Waals surface area contributed by atoms with Crippen LogP contribution in [0.3, 0.4) is 0 Å². The molecule has 4 atom stereocenters. The Kier molecular flexibility index (Phi) is 12.8. The maximum absolute atomic E-state index is 14.3. The van der Waals surface area contributed by atoms with Gasteiger partial charge in [0.15, 0.2) is 12.1 Å². The molecule has 10 nitrogen and oxygen atoms in total. The van der Waals surface area contributed by atoms with Gasteiger partial charge < -0.3 is 29.7 Å². The van der Waals surface area contributed by atoms with Gasteiger partial charge in [-0.05, 0) is 105 Å². The van der Waals surface area contributed by atoms with E-state index in [9.17, 15) is 19.2 Å². The zero-order chi connectivity index (χ0) is 41.1. The van der Waals surface area contributed by atoms with Crippen molar-refractivity contribution in [1.82, 2.24) is 20.3 Å². The first-order valence-corrected chi connectivity index (χ1v) is 20.9. The number of hydrogen-bond donors (Lipinski definition) is 4. The number of fused-ring (bicyclic) bond motifs is 7. The summed E-state index contributed by atoms with van der Waals surface area (Å²) in [5.74, 6) is -2.04. The van der Waals surface area contributed by atoms with Gasteiger partial charge in [0.25, 0.3) is 0 Å². The average Bonchev–Trinajstić information content (AvgIpc) is 3.94. The van der Waals surface area contributed by atoms with E-state index in [1.807, 2.05) is 32.1 Å². The Labute approximate surface area is 336 Å². The standard InChI is InChI=1S/C47H60N4O6/c1-10-14-25(4)15-13-16-26(5)19-20-57-40(53)18-17-32-28(7)35-21-34-27(6)30(11-2)37(48-34)23-39-33(24-52)31(12-3)38(49-39)22-36-29(8)41-45(51-36)42(44(32)50-35)43(46(41)54)47(55)56-9/h19,21-25,28,32,43,48-51H,10-18,20H2,1-9H3/b26-19-,35-21-,38-22-,39-23-,44-42-/t25-,28+,32+,43-/m1/s1. The molecule has 10 heteroatoms. The van der Waals surface area contributed by atoms with E-state index in [0.29, 0.717) is 51.8 Å². The Balaban J connectivity index is 1.43. The second kappa shape index (κ2) is 17.6. The fourth-order valence-corrected chi connectivity index (χ4v) is 9.26. The number of Topliss-reactive ketones (excluding diaryl/α,β-unsaturated/α-hetero) is 1. The molecule has 2 aliphatic heterocycles. The minimum atomic E-state index is -1.17. The highest BCUT2D eigenvalue weighted by atomic mass is 16.5. The van der Waals surface area contributed by atoms with E-state index < -0.39 is 11.9 Å². The minimum absolute atomic E-state index is 0.104. The molecular weight excluding hydrogens is 717 g/mol. The van der Waals surface area contributed by atoms with E-state index in [0.717, 1.165) is 76.3 Å². The number of H-pyrrole nitrogens is 3. The van der Waals surface area contributed by atoms with Crippen molar-refractivity contribution >= 4 is 47.8 Å². The third kappa shape index (κ3) is 8.05. The molecule has 0 saturated carbocycles. The summed E-state index contributed by atoms with van der Waals surface area (Å²) in [6.45, 7) is 17.1. The lowest BCUT2D eigenvalue weighted by molar-refractivity contribution is -0.143. The number of carbonyl (C=O) groups is 4. The van der Waals surface area contributed by atoms with E-state index in [4.69, 9.17) is 9.47 Å². The highest BCUT2D eigenvalue weighted by molar-refractivity contribution is 6.24. The quantitative estimate of drug-likeness (QED) is 0.0537.